The molecule has 2 rings (SSSR count). The number of hydrogen-bond donors (Lipinski definition) is 1. The summed E-state index contributed by atoms with van der Waals surface area (Å²) in [6.45, 7) is 0.322. The van der Waals surface area contributed by atoms with Crippen LogP contribution in [0.2, 0.25) is 0 Å². The quantitative estimate of drug-likeness (QED) is 0.849. The van der Waals surface area contributed by atoms with E-state index in [9.17, 15) is 4.79 Å². The first-order valence-electron chi connectivity index (χ1n) is 4.97. The van der Waals surface area contributed by atoms with Gasteiger partial charge in [-0.05, 0) is 18.2 Å². The second-order valence-corrected chi connectivity index (χ2v) is 4.51. The Morgan fingerprint density at radius 2 is 2.41 bits per heavy atom. The Balaban J connectivity index is 2.33. The van der Waals surface area contributed by atoms with E-state index in [2.05, 4.69) is 21.2 Å². The highest BCUT2D eigenvalue weighted by Crippen LogP contribution is 2.31. The van der Waals surface area contributed by atoms with Gasteiger partial charge in [0.05, 0.1) is 19.7 Å². The van der Waals surface area contributed by atoms with Crippen molar-refractivity contribution in [2.24, 2.45) is 0 Å². The predicted molar refractivity (Wildman–Crippen MR) is 64.3 cm³/mol. The molecule has 1 N–H and O–H groups in total. The smallest absolute Gasteiger partial charge is 0.331 e. The molecule has 1 aromatic carbocycles. The third kappa shape index (κ3) is 2.19. The molecule has 6 heteroatoms. The maximum Gasteiger partial charge on any atom is 0.331 e. The van der Waals surface area contributed by atoms with Gasteiger partial charge in [0.1, 0.15) is 5.75 Å². The van der Waals surface area contributed by atoms with Crippen molar-refractivity contribution in [2.45, 2.75) is 6.04 Å². The summed E-state index contributed by atoms with van der Waals surface area (Å²) in [6, 6.07) is 4.96. The summed E-state index contributed by atoms with van der Waals surface area (Å²) in [4.78, 5) is 12.5. The fraction of sp³-hybridized carbons (Fsp3) is 0.273. The number of amides is 2. The molecule has 17 heavy (non-hydrogen) atoms. The number of benzene rings is 1. The van der Waals surface area contributed by atoms with Crippen LogP contribution >= 0.6 is 15.9 Å². The number of carbonyl (C=O) groups is 1. The molecule has 0 saturated carbocycles. The highest BCUT2D eigenvalue weighted by atomic mass is 79.9. The van der Waals surface area contributed by atoms with Crippen LogP contribution in [0.15, 0.2) is 22.7 Å². The average molecular weight is 296 g/mol. The Bertz CT molecular complexity index is 498. The van der Waals surface area contributed by atoms with E-state index in [-0.39, 0.29) is 12.1 Å². The van der Waals surface area contributed by atoms with Crippen molar-refractivity contribution in [3.8, 4) is 11.9 Å². The highest BCUT2D eigenvalue weighted by Gasteiger charge is 2.31. The third-order valence-corrected chi connectivity index (χ3v) is 3.09. The number of nitriles is 1. The van der Waals surface area contributed by atoms with Crippen molar-refractivity contribution in [3.63, 3.8) is 0 Å². The van der Waals surface area contributed by atoms with Crippen LogP contribution in [0, 0.1) is 11.5 Å². The lowest BCUT2D eigenvalue weighted by Gasteiger charge is -2.14. The van der Waals surface area contributed by atoms with E-state index in [4.69, 9.17) is 10.00 Å². The van der Waals surface area contributed by atoms with Gasteiger partial charge < -0.3 is 10.1 Å². The van der Waals surface area contributed by atoms with Crippen molar-refractivity contribution < 1.29 is 9.53 Å². The molecule has 0 bridgehead atoms. The van der Waals surface area contributed by atoms with Gasteiger partial charge in [0, 0.05) is 10.0 Å². The van der Waals surface area contributed by atoms with Crippen molar-refractivity contribution in [3.05, 3.63) is 28.2 Å². The molecule has 1 unspecified atom stereocenters. The number of hydrogen-bond acceptors (Lipinski definition) is 3. The van der Waals surface area contributed by atoms with Crippen molar-refractivity contribution in [1.29, 1.82) is 5.26 Å². The number of halogens is 1. The van der Waals surface area contributed by atoms with Crippen LogP contribution in [0.5, 0.6) is 5.75 Å². The number of nitrogens with one attached hydrogen (secondary N) is 1. The molecule has 1 saturated heterocycles. The zero-order valence-corrected chi connectivity index (χ0v) is 10.7. The van der Waals surface area contributed by atoms with Crippen LogP contribution in [0.25, 0.3) is 0 Å². The van der Waals surface area contributed by atoms with Crippen LogP contribution in [0.3, 0.4) is 0 Å². The van der Waals surface area contributed by atoms with Crippen molar-refractivity contribution in [1.82, 2.24) is 10.2 Å². The molecule has 1 fully saturated rings. The Morgan fingerprint density at radius 3 is 3.00 bits per heavy atom. The van der Waals surface area contributed by atoms with E-state index < -0.39 is 0 Å². The molecule has 0 aliphatic carbocycles. The fourth-order valence-corrected chi connectivity index (χ4v) is 2.16. The maximum atomic E-state index is 11.4. The molecular formula is C11H10BrN3O2. The molecule has 2 amide bonds. The van der Waals surface area contributed by atoms with Gasteiger partial charge in [-0.1, -0.05) is 15.9 Å². The van der Waals surface area contributed by atoms with Gasteiger partial charge in [0.15, 0.2) is 6.19 Å². The number of nitrogens with zero attached hydrogens (tertiary/aromatic N) is 2. The Hall–Kier alpha value is -1.74. The molecule has 1 heterocycles. The summed E-state index contributed by atoms with van der Waals surface area (Å²) in [6.07, 6.45) is 1.83. The zero-order valence-electron chi connectivity index (χ0n) is 9.11. The number of urea groups is 1. The monoisotopic (exact) mass is 295 g/mol. The zero-order chi connectivity index (χ0) is 12.4. The van der Waals surface area contributed by atoms with E-state index in [0.29, 0.717) is 12.3 Å². The van der Waals surface area contributed by atoms with Gasteiger partial charge in [-0.25, -0.2) is 9.69 Å². The summed E-state index contributed by atoms with van der Waals surface area (Å²) in [7, 11) is 1.57. The molecule has 0 spiro atoms. The predicted octanol–water partition coefficient (Wildman–Crippen LogP) is 2.01. The minimum Gasteiger partial charge on any atom is -0.496 e. The summed E-state index contributed by atoms with van der Waals surface area (Å²) in [5.74, 6) is 0.693. The summed E-state index contributed by atoms with van der Waals surface area (Å²) in [5.41, 5.74) is 0.855. The summed E-state index contributed by atoms with van der Waals surface area (Å²) >= 11 is 3.37. The number of carbonyl (C=O) groups excluding carboxylic acids is 1. The number of methoxy groups -OCH3 is 1. The van der Waals surface area contributed by atoms with E-state index in [1.165, 1.54) is 0 Å². The lowest BCUT2D eigenvalue weighted by Crippen LogP contribution is -2.23. The summed E-state index contributed by atoms with van der Waals surface area (Å²) in [5, 5.41) is 11.5. The number of rotatable bonds is 2. The Kier molecular flexibility index (Phi) is 3.20. The molecule has 0 radical (unpaired) electrons. The van der Waals surface area contributed by atoms with Crippen LogP contribution in [0.4, 0.5) is 4.79 Å². The van der Waals surface area contributed by atoms with Crippen molar-refractivity contribution >= 4 is 22.0 Å². The molecule has 1 atom stereocenters. The van der Waals surface area contributed by atoms with Crippen LogP contribution < -0.4 is 10.1 Å². The molecule has 5 nitrogen and oxygen atoms in total. The summed E-state index contributed by atoms with van der Waals surface area (Å²) < 4.78 is 6.14. The van der Waals surface area contributed by atoms with Gasteiger partial charge >= 0.3 is 6.03 Å². The third-order valence-electron chi connectivity index (χ3n) is 2.60. The average Bonchev–Trinajstić information content (AvgIpc) is 2.70. The van der Waals surface area contributed by atoms with E-state index in [0.717, 1.165) is 14.9 Å². The standard InChI is InChI=1S/C11H10BrN3O2/c1-17-10-3-2-7(12)4-8(10)9-5-15(6-13)11(16)14-9/h2-4,9H,5H2,1H3,(H,14,16). The van der Waals surface area contributed by atoms with Crippen LogP contribution in [0.1, 0.15) is 11.6 Å². The second-order valence-electron chi connectivity index (χ2n) is 3.60. The molecule has 1 aliphatic rings. The highest BCUT2D eigenvalue weighted by molar-refractivity contribution is 9.10. The largest absolute Gasteiger partial charge is 0.496 e. The minimum absolute atomic E-state index is 0.227. The van der Waals surface area contributed by atoms with E-state index >= 15 is 0 Å². The normalized spacial score (nSPS) is 18.8. The SMILES string of the molecule is COc1ccc(Br)cc1C1CN(C#N)C(=O)N1. The molecule has 1 aromatic rings. The first kappa shape index (κ1) is 11.7. The lowest BCUT2D eigenvalue weighted by atomic mass is 10.1. The first-order chi connectivity index (χ1) is 8.15. The topological polar surface area (TPSA) is 65.4 Å². The molecular weight excluding hydrogens is 286 g/mol. The van der Waals surface area contributed by atoms with Crippen molar-refractivity contribution in [2.75, 3.05) is 13.7 Å². The Morgan fingerprint density at radius 1 is 1.65 bits per heavy atom. The van der Waals surface area contributed by atoms with Gasteiger partial charge in [-0.15, -0.1) is 0 Å². The van der Waals surface area contributed by atoms with Gasteiger partial charge in [0.25, 0.3) is 0 Å². The molecule has 0 aromatic heterocycles. The minimum atomic E-state index is -0.375. The second kappa shape index (κ2) is 4.63. The Labute approximate surface area is 107 Å². The van der Waals surface area contributed by atoms with Gasteiger partial charge in [-0.3, -0.25) is 0 Å². The maximum absolute atomic E-state index is 11.4. The molecule has 1 aliphatic heterocycles. The first-order valence-corrected chi connectivity index (χ1v) is 5.76. The lowest BCUT2D eigenvalue weighted by molar-refractivity contribution is 0.232. The number of ether oxygens (including phenoxy) is 1. The van der Waals surface area contributed by atoms with Gasteiger partial charge in [0.2, 0.25) is 0 Å². The molecule has 88 valence electrons. The fourth-order valence-electron chi connectivity index (χ4n) is 1.78. The van der Waals surface area contributed by atoms with Crippen LogP contribution in [-0.2, 0) is 0 Å². The van der Waals surface area contributed by atoms with Crippen LogP contribution in [-0.4, -0.2) is 24.6 Å². The van der Waals surface area contributed by atoms with E-state index in [1.807, 2.05) is 24.4 Å². The van der Waals surface area contributed by atoms with Gasteiger partial charge in [-0.2, -0.15) is 5.26 Å². The van der Waals surface area contributed by atoms with E-state index in [1.54, 1.807) is 7.11 Å².